The number of allylic oxidation sites excluding steroid dienone is 2. The molecule has 0 unspecified atom stereocenters. The predicted octanol–water partition coefficient (Wildman–Crippen LogP) is 7.90. The van der Waals surface area contributed by atoms with Crippen LogP contribution in [-0.4, -0.2) is 0 Å². The van der Waals surface area contributed by atoms with Crippen molar-refractivity contribution >= 4 is 0 Å². The average molecular weight is 353 g/mol. The Kier molecular flexibility index (Phi) is 7.84. The quantitative estimate of drug-likeness (QED) is 0.437. The molecule has 26 heavy (non-hydrogen) atoms. The van der Waals surface area contributed by atoms with Gasteiger partial charge in [0.2, 0.25) is 0 Å². The van der Waals surface area contributed by atoms with E-state index in [-0.39, 0.29) is 0 Å². The third kappa shape index (κ3) is 6.00. The van der Waals surface area contributed by atoms with Gasteiger partial charge in [-0.15, -0.1) is 0 Å². The summed E-state index contributed by atoms with van der Waals surface area (Å²) >= 11 is 0. The Morgan fingerprint density at radius 3 is 2.08 bits per heavy atom. The Hall–Kier alpha value is -1.04. The lowest BCUT2D eigenvalue weighted by Crippen LogP contribution is -2.25. The third-order valence-electron chi connectivity index (χ3n) is 7.20. The molecule has 0 spiro atoms. The first-order chi connectivity index (χ1) is 12.7. The van der Waals surface area contributed by atoms with Crippen molar-refractivity contribution in [2.24, 2.45) is 23.7 Å². The molecule has 0 saturated heterocycles. The van der Waals surface area contributed by atoms with Crippen LogP contribution in [-0.2, 0) is 6.42 Å². The summed E-state index contributed by atoms with van der Waals surface area (Å²) in [6.07, 6.45) is 22.3. The summed E-state index contributed by atoms with van der Waals surface area (Å²) in [5.74, 6) is 4.04. The molecule has 0 radical (unpaired) electrons. The number of benzene rings is 1. The first-order valence-corrected chi connectivity index (χ1v) is 11.5. The summed E-state index contributed by atoms with van der Waals surface area (Å²) in [7, 11) is 0. The van der Waals surface area contributed by atoms with Gasteiger partial charge in [0.25, 0.3) is 0 Å². The molecule has 2 aliphatic rings. The molecule has 144 valence electrons. The van der Waals surface area contributed by atoms with Gasteiger partial charge >= 0.3 is 0 Å². The van der Waals surface area contributed by atoms with Crippen LogP contribution in [0.3, 0.4) is 0 Å². The highest BCUT2D eigenvalue weighted by molar-refractivity contribution is 5.21. The fraction of sp³-hybridized carbons (Fsp3) is 0.692. The van der Waals surface area contributed by atoms with Crippen molar-refractivity contribution in [1.82, 2.24) is 0 Å². The molecule has 0 amide bonds. The van der Waals surface area contributed by atoms with E-state index in [0.717, 1.165) is 23.7 Å². The Morgan fingerprint density at radius 2 is 1.46 bits per heavy atom. The lowest BCUT2D eigenvalue weighted by atomic mass is 9.68. The minimum atomic E-state index is 0.862. The maximum atomic E-state index is 2.54. The van der Waals surface area contributed by atoms with Crippen LogP contribution >= 0.6 is 0 Å². The topological polar surface area (TPSA) is 0 Å². The van der Waals surface area contributed by atoms with Gasteiger partial charge in [0.1, 0.15) is 0 Å². The Labute approximate surface area is 162 Å². The Balaban J connectivity index is 1.33. The highest BCUT2D eigenvalue weighted by atomic mass is 14.3. The molecule has 0 heterocycles. The normalized spacial score (nSPS) is 29.9. The van der Waals surface area contributed by atoms with Gasteiger partial charge in [0.15, 0.2) is 0 Å². The Morgan fingerprint density at radius 1 is 0.846 bits per heavy atom. The average Bonchev–Trinajstić information content (AvgIpc) is 2.68. The molecular formula is C26H40. The largest absolute Gasteiger partial charge is 0.0879 e. The molecule has 0 atom stereocenters. The van der Waals surface area contributed by atoms with Crippen LogP contribution in [0.15, 0.2) is 36.4 Å². The van der Waals surface area contributed by atoms with E-state index in [2.05, 4.69) is 50.3 Å². The predicted molar refractivity (Wildman–Crippen MR) is 114 cm³/mol. The van der Waals surface area contributed by atoms with Gasteiger partial charge < -0.3 is 0 Å². The maximum absolute atomic E-state index is 2.54. The molecule has 3 rings (SSSR count). The summed E-state index contributed by atoms with van der Waals surface area (Å²) in [5.41, 5.74) is 2.84. The summed E-state index contributed by atoms with van der Waals surface area (Å²) in [6.45, 7) is 4.51. The van der Waals surface area contributed by atoms with Crippen molar-refractivity contribution < 1.29 is 0 Å². The molecule has 2 saturated carbocycles. The number of hydrogen-bond acceptors (Lipinski definition) is 0. The molecule has 0 aromatic heterocycles. The first-order valence-electron chi connectivity index (χ1n) is 11.5. The molecule has 2 aliphatic carbocycles. The summed E-state index contributed by atoms with van der Waals surface area (Å²) in [5, 5.41) is 0. The number of aryl methyl sites for hydroxylation is 2. The molecule has 1 aromatic carbocycles. The highest BCUT2D eigenvalue weighted by Crippen LogP contribution is 2.42. The monoisotopic (exact) mass is 352 g/mol. The first kappa shape index (κ1) is 19.7. The van der Waals surface area contributed by atoms with E-state index in [1.54, 1.807) is 0 Å². The van der Waals surface area contributed by atoms with E-state index in [1.165, 1.54) is 88.2 Å². The molecule has 0 nitrogen and oxygen atoms in total. The molecule has 2 fully saturated rings. The van der Waals surface area contributed by atoms with Crippen LogP contribution in [0, 0.1) is 30.6 Å². The molecule has 0 heteroatoms. The SMILES string of the molecule is CCC[C@H]1CC[C@H]([C@H]2CC[C@H](C=CCCc3ccc(C)cc3)CC2)CC1. The summed E-state index contributed by atoms with van der Waals surface area (Å²) in [4.78, 5) is 0. The van der Waals surface area contributed by atoms with E-state index < -0.39 is 0 Å². The van der Waals surface area contributed by atoms with Crippen LogP contribution in [0.25, 0.3) is 0 Å². The lowest BCUT2D eigenvalue weighted by Gasteiger charge is -2.37. The van der Waals surface area contributed by atoms with Gasteiger partial charge in [0.05, 0.1) is 0 Å². The molecular weight excluding hydrogens is 312 g/mol. The summed E-state index contributed by atoms with van der Waals surface area (Å²) in [6, 6.07) is 9.03. The summed E-state index contributed by atoms with van der Waals surface area (Å²) < 4.78 is 0. The van der Waals surface area contributed by atoms with Gasteiger partial charge in [-0.25, -0.2) is 0 Å². The van der Waals surface area contributed by atoms with Crippen molar-refractivity contribution in [3.05, 3.63) is 47.5 Å². The van der Waals surface area contributed by atoms with Crippen LogP contribution in [0.5, 0.6) is 0 Å². The third-order valence-corrected chi connectivity index (χ3v) is 7.20. The second-order valence-corrected chi connectivity index (χ2v) is 9.20. The molecule has 1 aromatic rings. The van der Waals surface area contributed by atoms with Crippen molar-refractivity contribution in [1.29, 1.82) is 0 Å². The molecule has 0 N–H and O–H groups in total. The van der Waals surface area contributed by atoms with Crippen LogP contribution in [0.4, 0.5) is 0 Å². The standard InChI is InChI=1S/C26H40/c1-3-6-22-13-17-25(18-14-22)26-19-15-24(16-20-26)8-5-4-7-23-11-9-21(2)10-12-23/h5,8-12,22,24-26H,3-4,6-7,13-20H2,1-2H3/t22-,24-,25-,26-. The van der Waals surface area contributed by atoms with Crippen LogP contribution < -0.4 is 0 Å². The molecule has 0 aliphatic heterocycles. The highest BCUT2D eigenvalue weighted by Gasteiger charge is 2.29. The maximum Gasteiger partial charge on any atom is -0.0233 e. The van der Waals surface area contributed by atoms with E-state index in [0.29, 0.717) is 0 Å². The number of hydrogen-bond donors (Lipinski definition) is 0. The van der Waals surface area contributed by atoms with Crippen molar-refractivity contribution in [3.8, 4) is 0 Å². The van der Waals surface area contributed by atoms with E-state index in [9.17, 15) is 0 Å². The van der Waals surface area contributed by atoms with E-state index in [4.69, 9.17) is 0 Å². The smallest absolute Gasteiger partial charge is 0.0233 e. The van der Waals surface area contributed by atoms with Crippen molar-refractivity contribution in [2.45, 2.75) is 90.9 Å². The second-order valence-electron chi connectivity index (χ2n) is 9.20. The van der Waals surface area contributed by atoms with Gasteiger partial charge in [-0.05, 0) is 87.5 Å². The van der Waals surface area contributed by atoms with Gasteiger partial charge in [-0.1, -0.05) is 74.6 Å². The van der Waals surface area contributed by atoms with Crippen molar-refractivity contribution in [2.75, 3.05) is 0 Å². The van der Waals surface area contributed by atoms with Crippen molar-refractivity contribution in [3.63, 3.8) is 0 Å². The van der Waals surface area contributed by atoms with Crippen LogP contribution in [0.1, 0.15) is 88.7 Å². The lowest BCUT2D eigenvalue weighted by molar-refractivity contribution is 0.152. The fourth-order valence-electron chi connectivity index (χ4n) is 5.46. The molecule has 0 bridgehead atoms. The second kappa shape index (κ2) is 10.3. The van der Waals surface area contributed by atoms with E-state index >= 15 is 0 Å². The van der Waals surface area contributed by atoms with Gasteiger partial charge in [0, 0.05) is 0 Å². The zero-order chi connectivity index (χ0) is 18.2. The van der Waals surface area contributed by atoms with Crippen LogP contribution in [0.2, 0.25) is 0 Å². The zero-order valence-corrected chi connectivity index (χ0v) is 17.3. The minimum Gasteiger partial charge on any atom is -0.0879 e. The Bertz CT molecular complexity index is 522. The fourth-order valence-corrected chi connectivity index (χ4v) is 5.46. The van der Waals surface area contributed by atoms with Gasteiger partial charge in [-0.2, -0.15) is 0 Å². The van der Waals surface area contributed by atoms with E-state index in [1.807, 2.05) is 0 Å². The van der Waals surface area contributed by atoms with Gasteiger partial charge in [-0.3, -0.25) is 0 Å². The minimum absolute atomic E-state index is 0.862. The zero-order valence-electron chi connectivity index (χ0n) is 17.3. The number of rotatable bonds is 7.